The molecule has 0 aliphatic carbocycles. The van der Waals surface area contributed by atoms with Crippen LogP contribution in [0, 0.1) is 0 Å². The molecule has 0 fully saturated rings. The highest BCUT2D eigenvalue weighted by Crippen LogP contribution is 2.36. The van der Waals surface area contributed by atoms with E-state index in [1.807, 2.05) is 0 Å². The Morgan fingerprint density at radius 3 is 1.06 bits per heavy atom. The van der Waals surface area contributed by atoms with Gasteiger partial charge in [0.1, 0.15) is 6.61 Å². The lowest BCUT2D eigenvalue weighted by molar-refractivity contribution is -0.161. The molecule has 8 nitrogen and oxygen atoms in total. The van der Waals surface area contributed by atoms with Gasteiger partial charge >= 0.3 is 19.8 Å². The molecule has 0 aliphatic heterocycles. The predicted octanol–water partition coefficient (Wildman–Crippen LogP) is 12.1. The van der Waals surface area contributed by atoms with Crippen molar-refractivity contribution in [1.29, 1.82) is 0 Å². The molecule has 0 aromatic heterocycles. The Morgan fingerprint density at radius 2 is 0.750 bits per heavy atom. The summed E-state index contributed by atoms with van der Waals surface area (Å²) < 4.78 is 26.4. The largest absolute Gasteiger partial charge is 0.469 e. The monoisotopic (exact) mass is 705 g/mol. The summed E-state index contributed by atoms with van der Waals surface area (Å²) in [5, 5.41) is 0. The summed E-state index contributed by atoms with van der Waals surface area (Å²) in [6.07, 6.45) is 36.8. The molecule has 0 aromatic carbocycles. The van der Waals surface area contributed by atoms with Crippen molar-refractivity contribution in [1.82, 2.24) is 0 Å². The number of phosphoric acid groups is 1. The van der Waals surface area contributed by atoms with Crippen molar-refractivity contribution in [3.05, 3.63) is 0 Å². The molecule has 0 heterocycles. The Balaban J connectivity index is 3.87. The molecule has 0 aliphatic rings. The first-order valence-electron chi connectivity index (χ1n) is 20.3. The van der Waals surface area contributed by atoms with E-state index in [0.717, 1.165) is 32.1 Å². The van der Waals surface area contributed by atoms with Gasteiger partial charge in [0.2, 0.25) is 0 Å². The third-order valence-corrected chi connectivity index (χ3v) is 9.61. The Bertz CT molecular complexity index is 756. The summed E-state index contributed by atoms with van der Waals surface area (Å²) in [6.45, 7) is 3.71. The van der Waals surface area contributed by atoms with Crippen LogP contribution in [0.1, 0.15) is 219 Å². The van der Waals surface area contributed by atoms with Crippen molar-refractivity contribution in [3.63, 3.8) is 0 Å². The van der Waals surface area contributed by atoms with Crippen LogP contribution in [0.3, 0.4) is 0 Å². The minimum Gasteiger partial charge on any atom is -0.462 e. The lowest BCUT2D eigenvalue weighted by Gasteiger charge is -2.18. The minimum atomic E-state index is -4.74. The molecule has 0 saturated heterocycles. The fraction of sp³-hybridized carbons (Fsp3) is 0.949. The van der Waals surface area contributed by atoms with Gasteiger partial charge in [-0.05, 0) is 12.8 Å². The van der Waals surface area contributed by atoms with E-state index >= 15 is 0 Å². The summed E-state index contributed by atoms with van der Waals surface area (Å²) in [5.41, 5.74) is 0. The van der Waals surface area contributed by atoms with E-state index in [1.165, 1.54) is 154 Å². The molecule has 2 N–H and O–H groups in total. The fourth-order valence-electron chi connectivity index (χ4n) is 6.08. The van der Waals surface area contributed by atoms with Gasteiger partial charge in [-0.2, -0.15) is 0 Å². The summed E-state index contributed by atoms with van der Waals surface area (Å²) in [5.74, 6) is -0.869. The first-order valence-corrected chi connectivity index (χ1v) is 21.9. The van der Waals surface area contributed by atoms with Crippen LogP contribution in [0.25, 0.3) is 0 Å². The molecule has 286 valence electrons. The van der Waals surface area contributed by atoms with Crippen molar-refractivity contribution in [3.8, 4) is 0 Å². The Morgan fingerprint density at radius 1 is 0.458 bits per heavy atom. The van der Waals surface area contributed by atoms with Crippen LogP contribution in [0.15, 0.2) is 0 Å². The van der Waals surface area contributed by atoms with Gasteiger partial charge in [0.25, 0.3) is 0 Å². The Kier molecular flexibility index (Phi) is 35.2. The number of esters is 2. The Labute approximate surface area is 295 Å². The quantitative estimate of drug-likeness (QED) is 0.0370. The minimum absolute atomic E-state index is 0.220. The van der Waals surface area contributed by atoms with Gasteiger partial charge in [0, 0.05) is 12.8 Å². The number of hydrogen-bond acceptors (Lipinski definition) is 6. The van der Waals surface area contributed by atoms with Crippen molar-refractivity contribution < 1.29 is 37.9 Å². The summed E-state index contributed by atoms with van der Waals surface area (Å²) in [4.78, 5) is 42.7. The Hall–Kier alpha value is -0.950. The molecule has 1 atom stereocenters. The molecular formula is C39H77O8P. The summed E-state index contributed by atoms with van der Waals surface area (Å²) in [6, 6.07) is 0. The zero-order valence-electron chi connectivity index (χ0n) is 31.4. The second-order valence-corrected chi connectivity index (χ2v) is 15.2. The molecule has 0 spiro atoms. The van der Waals surface area contributed by atoms with Gasteiger partial charge in [0.15, 0.2) is 6.10 Å². The van der Waals surface area contributed by atoms with E-state index in [1.54, 1.807) is 0 Å². The van der Waals surface area contributed by atoms with Crippen LogP contribution in [0.4, 0.5) is 0 Å². The number of unbranched alkanes of at least 4 members (excludes halogenated alkanes) is 28. The predicted molar refractivity (Wildman–Crippen MR) is 198 cm³/mol. The van der Waals surface area contributed by atoms with Crippen LogP contribution in [-0.2, 0) is 28.2 Å². The topological polar surface area (TPSA) is 119 Å². The van der Waals surface area contributed by atoms with Crippen molar-refractivity contribution in [2.75, 3.05) is 13.2 Å². The van der Waals surface area contributed by atoms with E-state index in [2.05, 4.69) is 18.4 Å². The number of phosphoric ester groups is 1. The van der Waals surface area contributed by atoms with Gasteiger partial charge in [-0.1, -0.05) is 194 Å². The van der Waals surface area contributed by atoms with Crippen LogP contribution >= 0.6 is 7.82 Å². The SMILES string of the molecule is CCCCCCCCCCCCCCCCCCCC(=O)OC(COC(=O)CCCCCCCCCCCCCCC)COP(=O)(O)O. The van der Waals surface area contributed by atoms with Crippen LogP contribution < -0.4 is 0 Å². The lowest BCUT2D eigenvalue weighted by atomic mass is 10.0. The molecule has 0 rings (SSSR count). The van der Waals surface area contributed by atoms with Gasteiger partial charge < -0.3 is 19.3 Å². The molecule has 0 bridgehead atoms. The first-order chi connectivity index (χ1) is 23.3. The first kappa shape index (κ1) is 47.0. The maximum absolute atomic E-state index is 12.4. The number of rotatable bonds is 38. The second kappa shape index (κ2) is 35.9. The number of hydrogen-bond donors (Lipinski definition) is 2. The van der Waals surface area contributed by atoms with E-state index in [0.29, 0.717) is 6.42 Å². The van der Waals surface area contributed by atoms with E-state index in [-0.39, 0.29) is 19.4 Å². The van der Waals surface area contributed by atoms with Crippen molar-refractivity contribution in [2.45, 2.75) is 225 Å². The zero-order chi connectivity index (χ0) is 35.4. The summed E-state index contributed by atoms with van der Waals surface area (Å²) >= 11 is 0. The average Bonchev–Trinajstić information content (AvgIpc) is 3.05. The maximum Gasteiger partial charge on any atom is 0.469 e. The third kappa shape index (κ3) is 37.9. The fourth-order valence-corrected chi connectivity index (χ4v) is 6.44. The maximum atomic E-state index is 12.4. The highest BCUT2D eigenvalue weighted by atomic mass is 31.2. The molecule has 0 amide bonds. The molecule has 48 heavy (non-hydrogen) atoms. The average molecular weight is 705 g/mol. The lowest BCUT2D eigenvalue weighted by Crippen LogP contribution is -2.29. The molecule has 9 heteroatoms. The standard InChI is InChI=1S/C39H77O8P/c1-3-5-7-9-11-13-15-17-18-19-20-22-24-26-28-30-32-34-39(41)47-37(36-46-48(42,43)44)35-45-38(40)33-31-29-27-25-23-21-16-14-12-10-8-6-4-2/h37H,3-36H2,1-2H3,(H2,42,43,44). The van der Waals surface area contributed by atoms with E-state index in [9.17, 15) is 14.2 Å². The highest BCUT2D eigenvalue weighted by molar-refractivity contribution is 7.46. The van der Waals surface area contributed by atoms with E-state index < -0.39 is 32.5 Å². The molecule has 1 unspecified atom stereocenters. The molecule has 0 aromatic rings. The second-order valence-electron chi connectivity index (χ2n) is 14.0. The van der Waals surface area contributed by atoms with Gasteiger partial charge in [-0.25, -0.2) is 4.57 Å². The van der Waals surface area contributed by atoms with E-state index in [4.69, 9.17) is 19.3 Å². The van der Waals surface area contributed by atoms with Gasteiger partial charge in [-0.15, -0.1) is 0 Å². The highest BCUT2D eigenvalue weighted by Gasteiger charge is 2.22. The van der Waals surface area contributed by atoms with Crippen molar-refractivity contribution >= 4 is 19.8 Å². The van der Waals surface area contributed by atoms with Crippen LogP contribution in [0.2, 0.25) is 0 Å². The van der Waals surface area contributed by atoms with Crippen LogP contribution in [0.5, 0.6) is 0 Å². The van der Waals surface area contributed by atoms with Gasteiger partial charge in [-0.3, -0.25) is 14.1 Å². The van der Waals surface area contributed by atoms with Crippen molar-refractivity contribution in [2.24, 2.45) is 0 Å². The number of carbonyl (C=O) groups is 2. The third-order valence-electron chi connectivity index (χ3n) is 9.13. The number of ether oxygens (including phenoxy) is 2. The van der Waals surface area contributed by atoms with Gasteiger partial charge in [0.05, 0.1) is 6.61 Å². The molecule has 0 radical (unpaired) electrons. The smallest absolute Gasteiger partial charge is 0.462 e. The zero-order valence-corrected chi connectivity index (χ0v) is 32.3. The molecular weight excluding hydrogens is 627 g/mol. The normalized spacial score (nSPS) is 12.3. The summed E-state index contributed by atoms with van der Waals surface area (Å²) in [7, 11) is -4.74. The van der Waals surface area contributed by atoms with Crippen LogP contribution in [-0.4, -0.2) is 41.0 Å². The molecule has 0 saturated carbocycles. The number of carbonyl (C=O) groups excluding carboxylic acids is 2.